The van der Waals surface area contributed by atoms with Crippen LogP contribution in [0.5, 0.6) is 0 Å². The second kappa shape index (κ2) is 6.43. The van der Waals surface area contributed by atoms with Gasteiger partial charge in [0.2, 0.25) is 11.8 Å². The van der Waals surface area contributed by atoms with Crippen LogP contribution in [0.4, 0.5) is 0 Å². The molecule has 0 saturated carbocycles. The van der Waals surface area contributed by atoms with Gasteiger partial charge in [0.05, 0.1) is 6.04 Å². The molecule has 2 saturated heterocycles. The fourth-order valence-corrected chi connectivity index (χ4v) is 3.75. The van der Waals surface area contributed by atoms with Crippen molar-refractivity contribution in [2.45, 2.75) is 38.4 Å². The van der Waals surface area contributed by atoms with E-state index < -0.39 is 6.04 Å². The summed E-state index contributed by atoms with van der Waals surface area (Å²) in [5.74, 6) is -0.373. The summed E-state index contributed by atoms with van der Waals surface area (Å²) in [4.78, 5) is 40.1. The molecule has 6 nitrogen and oxygen atoms in total. The minimum absolute atomic E-state index is 0.0510. The van der Waals surface area contributed by atoms with Crippen molar-refractivity contribution in [1.82, 2.24) is 15.1 Å². The molecule has 2 fully saturated rings. The maximum atomic E-state index is 12.8. The molecular formula is C17H20ClN3O3. The summed E-state index contributed by atoms with van der Waals surface area (Å²) in [6.07, 6.45) is 0.664. The third-order valence-electron chi connectivity index (χ3n) is 4.67. The van der Waals surface area contributed by atoms with E-state index in [0.29, 0.717) is 30.1 Å². The lowest BCUT2D eigenvalue weighted by Crippen LogP contribution is -2.60. The first-order valence-electron chi connectivity index (χ1n) is 8.01. The molecule has 1 N–H and O–H groups in total. The van der Waals surface area contributed by atoms with Crippen LogP contribution in [0.2, 0.25) is 5.02 Å². The molecule has 3 unspecified atom stereocenters. The lowest BCUT2D eigenvalue weighted by Gasteiger charge is -2.41. The van der Waals surface area contributed by atoms with Crippen molar-refractivity contribution in [3.05, 3.63) is 34.9 Å². The zero-order valence-electron chi connectivity index (χ0n) is 13.7. The van der Waals surface area contributed by atoms with Gasteiger partial charge in [-0.15, -0.1) is 0 Å². The quantitative estimate of drug-likeness (QED) is 0.874. The van der Waals surface area contributed by atoms with Gasteiger partial charge < -0.3 is 15.1 Å². The van der Waals surface area contributed by atoms with Crippen LogP contribution >= 0.6 is 11.6 Å². The average Bonchev–Trinajstić information content (AvgIpc) is 2.92. The van der Waals surface area contributed by atoms with Crippen molar-refractivity contribution in [2.75, 3.05) is 13.1 Å². The second-order valence-electron chi connectivity index (χ2n) is 6.42. The first-order valence-corrected chi connectivity index (χ1v) is 8.38. The Balaban J connectivity index is 1.78. The Hall–Kier alpha value is -2.08. The monoisotopic (exact) mass is 349 g/mol. The molecule has 1 aromatic carbocycles. The topological polar surface area (TPSA) is 69.7 Å². The smallest absolute Gasteiger partial charge is 0.254 e. The van der Waals surface area contributed by atoms with E-state index in [1.54, 1.807) is 41.0 Å². The summed E-state index contributed by atoms with van der Waals surface area (Å²) < 4.78 is 0. The summed E-state index contributed by atoms with van der Waals surface area (Å²) in [6.45, 7) is 4.18. The Morgan fingerprint density at radius 3 is 2.71 bits per heavy atom. The molecule has 0 aliphatic carbocycles. The van der Waals surface area contributed by atoms with Crippen molar-refractivity contribution in [1.29, 1.82) is 0 Å². The van der Waals surface area contributed by atoms with Gasteiger partial charge >= 0.3 is 0 Å². The van der Waals surface area contributed by atoms with Gasteiger partial charge in [-0.3, -0.25) is 14.4 Å². The van der Waals surface area contributed by atoms with Gasteiger partial charge in [-0.25, -0.2) is 0 Å². The van der Waals surface area contributed by atoms with Gasteiger partial charge in [0, 0.05) is 36.6 Å². The van der Waals surface area contributed by atoms with E-state index in [2.05, 4.69) is 5.32 Å². The third kappa shape index (κ3) is 3.11. The molecule has 1 aromatic rings. The number of amides is 3. The highest BCUT2D eigenvalue weighted by Crippen LogP contribution is 2.27. The van der Waals surface area contributed by atoms with Gasteiger partial charge in [0.15, 0.2) is 0 Å². The van der Waals surface area contributed by atoms with Crippen LogP contribution < -0.4 is 5.32 Å². The van der Waals surface area contributed by atoms with Crippen molar-refractivity contribution in [2.24, 2.45) is 0 Å². The zero-order chi connectivity index (χ0) is 17.4. The molecule has 0 spiro atoms. The zero-order valence-corrected chi connectivity index (χ0v) is 14.4. The Morgan fingerprint density at radius 1 is 1.29 bits per heavy atom. The summed E-state index contributed by atoms with van der Waals surface area (Å²) in [5, 5.41) is 3.35. The maximum Gasteiger partial charge on any atom is 0.254 e. The second-order valence-corrected chi connectivity index (χ2v) is 6.86. The molecule has 3 rings (SSSR count). The highest BCUT2D eigenvalue weighted by molar-refractivity contribution is 6.31. The number of benzene rings is 1. The van der Waals surface area contributed by atoms with Crippen LogP contribution in [-0.2, 0) is 9.59 Å². The van der Waals surface area contributed by atoms with Crippen molar-refractivity contribution < 1.29 is 14.4 Å². The van der Waals surface area contributed by atoms with Crippen molar-refractivity contribution in [3.63, 3.8) is 0 Å². The van der Waals surface area contributed by atoms with Crippen LogP contribution in [0.3, 0.4) is 0 Å². The predicted octanol–water partition coefficient (Wildman–Crippen LogP) is 1.29. The SMILES string of the molecule is CC(=O)NC1CC2CN(C(=O)c3cccc(Cl)c3)C(C)C(=O)N2C1. The van der Waals surface area contributed by atoms with Crippen molar-refractivity contribution >= 4 is 29.3 Å². The molecule has 2 aliphatic rings. The number of hydrogen-bond acceptors (Lipinski definition) is 3. The molecule has 0 bridgehead atoms. The fraction of sp³-hybridized carbons (Fsp3) is 0.471. The molecule has 0 radical (unpaired) electrons. The Labute approximate surface area is 145 Å². The average molecular weight is 350 g/mol. The summed E-state index contributed by atoms with van der Waals surface area (Å²) >= 11 is 5.96. The van der Waals surface area contributed by atoms with Crippen LogP contribution in [0.15, 0.2) is 24.3 Å². The predicted molar refractivity (Wildman–Crippen MR) is 89.7 cm³/mol. The lowest BCUT2D eigenvalue weighted by molar-refractivity contribution is -0.141. The van der Waals surface area contributed by atoms with E-state index in [0.717, 1.165) is 0 Å². The minimum atomic E-state index is -0.524. The van der Waals surface area contributed by atoms with E-state index in [9.17, 15) is 14.4 Å². The van der Waals surface area contributed by atoms with Gasteiger partial charge in [-0.05, 0) is 31.5 Å². The van der Waals surface area contributed by atoms with Crippen LogP contribution in [0.1, 0.15) is 30.6 Å². The number of carbonyl (C=O) groups excluding carboxylic acids is 3. The molecular weight excluding hydrogens is 330 g/mol. The summed E-state index contributed by atoms with van der Waals surface area (Å²) in [7, 11) is 0. The molecule has 24 heavy (non-hydrogen) atoms. The van der Waals surface area contributed by atoms with E-state index in [-0.39, 0.29) is 29.8 Å². The Morgan fingerprint density at radius 2 is 2.04 bits per heavy atom. The number of carbonyl (C=O) groups is 3. The number of nitrogens with one attached hydrogen (secondary N) is 1. The van der Waals surface area contributed by atoms with E-state index in [4.69, 9.17) is 11.6 Å². The maximum absolute atomic E-state index is 12.8. The Bertz CT molecular complexity index is 693. The van der Waals surface area contributed by atoms with Crippen LogP contribution in [0, 0.1) is 0 Å². The first-order chi connectivity index (χ1) is 11.4. The van der Waals surface area contributed by atoms with Gasteiger partial charge in [-0.1, -0.05) is 17.7 Å². The van der Waals surface area contributed by atoms with Gasteiger partial charge in [0.25, 0.3) is 5.91 Å². The lowest BCUT2D eigenvalue weighted by atomic mass is 10.0. The number of fused-ring (bicyclic) bond motifs is 1. The highest BCUT2D eigenvalue weighted by atomic mass is 35.5. The number of hydrogen-bond donors (Lipinski definition) is 1. The fourth-order valence-electron chi connectivity index (χ4n) is 3.56. The largest absolute Gasteiger partial charge is 0.352 e. The van der Waals surface area contributed by atoms with Crippen molar-refractivity contribution in [3.8, 4) is 0 Å². The molecule has 3 atom stereocenters. The van der Waals surface area contributed by atoms with E-state index in [1.165, 1.54) is 6.92 Å². The van der Waals surface area contributed by atoms with E-state index in [1.807, 2.05) is 0 Å². The first kappa shape index (κ1) is 16.8. The molecule has 128 valence electrons. The molecule has 2 heterocycles. The van der Waals surface area contributed by atoms with Crippen LogP contribution in [-0.4, -0.2) is 58.7 Å². The van der Waals surface area contributed by atoms with Crippen LogP contribution in [0.25, 0.3) is 0 Å². The number of piperazine rings is 1. The standard InChI is InChI=1S/C17H20ClN3O3/c1-10-16(23)21-8-14(19-11(2)22)7-15(21)9-20(10)17(24)12-4-3-5-13(18)6-12/h3-6,10,14-15H,7-9H2,1-2H3,(H,19,22). The molecule has 2 aliphatic heterocycles. The molecule has 3 amide bonds. The van der Waals surface area contributed by atoms with E-state index >= 15 is 0 Å². The molecule has 0 aromatic heterocycles. The third-order valence-corrected chi connectivity index (χ3v) is 4.90. The summed E-state index contributed by atoms with van der Waals surface area (Å²) in [6, 6.07) is 6.11. The number of nitrogens with zero attached hydrogens (tertiary/aromatic N) is 2. The highest BCUT2D eigenvalue weighted by Gasteiger charge is 2.45. The minimum Gasteiger partial charge on any atom is -0.352 e. The molecule has 7 heteroatoms. The van der Waals surface area contributed by atoms with Gasteiger partial charge in [-0.2, -0.15) is 0 Å². The Kier molecular flexibility index (Phi) is 4.49. The normalized spacial score (nSPS) is 26.3. The van der Waals surface area contributed by atoms with Gasteiger partial charge in [0.1, 0.15) is 6.04 Å². The summed E-state index contributed by atoms with van der Waals surface area (Å²) in [5.41, 5.74) is 0.479. The number of halogens is 1. The number of rotatable bonds is 2.